The van der Waals surface area contributed by atoms with Crippen molar-refractivity contribution >= 4 is 5.97 Å². The molecule has 1 saturated carbocycles. The van der Waals surface area contributed by atoms with Crippen molar-refractivity contribution in [3.63, 3.8) is 0 Å². The highest BCUT2D eigenvalue weighted by atomic mass is 16.5. The van der Waals surface area contributed by atoms with E-state index >= 15 is 0 Å². The van der Waals surface area contributed by atoms with Gasteiger partial charge in [-0.05, 0) is 25.8 Å². The zero-order valence-electron chi connectivity index (χ0n) is 8.74. The number of hydrogen-bond donors (Lipinski definition) is 1. The average Bonchev–Trinajstić information content (AvgIpc) is 2.99. The summed E-state index contributed by atoms with van der Waals surface area (Å²) < 4.78 is 4.56. The van der Waals surface area contributed by atoms with E-state index in [1.165, 1.54) is 20.0 Å². The summed E-state index contributed by atoms with van der Waals surface area (Å²) in [5.74, 6) is -0.148. The number of rotatable bonds is 7. The molecule has 0 aliphatic heterocycles. The monoisotopic (exact) mass is 201 g/mol. The van der Waals surface area contributed by atoms with E-state index in [-0.39, 0.29) is 12.6 Å². The molecule has 82 valence electrons. The predicted octanol–water partition coefficient (Wildman–Crippen LogP) is 0.396. The summed E-state index contributed by atoms with van der Waals surface area (Å²) in [6, 6.07) is 0.653. The highest BCUT2D eigenvalue weighted by Gasteiger charge is 2.27. The Balaban J connectivity index is 2.10. The number of aliphatic hydroxyl groups is 1. The molecule has 0 aromatic rings. The second-order valence-electron chi connectivity index (χ2n) is 3.67. The molecule has 0 saturated heterocycles. The lowest BCUT2D eigenvalue weighted by atomic mass is 10.3. The quantitative estimate of drug-likeness (QED) is 0.606. The van der Waals surface area contributed by atoms with Crippen LogP contribution in [0.15, 0.2) is 0 Å². The van der Waals surface area contributed by atoms with Gasteiger partial charge in [-0.15, -0.1) is 0 Å². The van der Waals surface area contributed by atoms with Crippen molar-refractivity contribution in [2.45, 2.75) is 31.7 Å². The third-order valence-electron chi connectivity index (χ3n) is 2.50. The zero-order valence-corrected chi connectivity index (χ0v) is 8.74. The standard InChI is InChI=1S/C10H19NO3/c1-14-10(13)3-2-6-11(7-8-12)9-4-5-9/h9,12H,2-8H2,1H3. The molecule has 1 rings (SSSR count). The van der Waals surface area contributed by atoms with E-state index in [0.29, 0.717) is 12.5 Å². The van der Waals surface area contributed by atoms with Crippen LogP contribution in [-0.4, -0.2) is 48.8 Å². The molecule has 1 fully saturated rings. The van der Waals surface area contributed by atoms with Crippen LogP contribution in [-0.2, 0) is 9.53 Å². The average molecular weight is 201 g/mol. The number of aliphatic hydroxyl groups excluding tert-OH is 1. The summed E-state index contributed by atoms with van der Waals surface area (Å²) in [4.78, 5) is 13.1. The van der Waals surface area contributed by atoms with Crippen molar-refractivity contribution in [1.82, 2.24) is 4.90 Å². The third kappa shape index (κ3) is 4.07. The van der Waals surface area contributed by atoms with Gasteiger partial charge in [-0.3, -0.25) is 9.69 Å². The Morgan fingerprint density at radius 3 is 2.71 bits per heavy atom. The number of carbonyl (C=O) groups excluding carboxylic acids is 1. The van der Waals surface area contributed by atoms with Crippen molar-refractivity contribution in [2.24, 2.45) is 0 Å². The van der Waals surface area contributed by atoms with E-state index in [9.17, 15) is 4.79 Å². The molecule has 0 radical (unpaired) electrons. The molecule has 4 heteroatoms. The van der Waals surface area contributed by atoms with E-state index < -0.39 is 0 Å². The van der Waals surface area contributed by atoms with Crippen LogP contribution in [0.5, 0.6) is 0 Å². The fourth-order valence-electron chi connectivity index (χ4n) is 1.57. The summed E-state index contributed by atoms with van der Waals surface area (Å²) in [5.41, 5.74) is 0. The second kappa shape index (κ2) is 5.98. The largest absolute Gasteiger partial charge is 0.469 e. The van der Waals surface area contributed by atoms with E-state index in [2.05, 4.69) is 9.64 Å². The number of esters is 1. The fourth-order valence-corrected chi connectivity index (χ4v) is 1.57. The molecular weight excluding hydrogens is 182 g/mol. The Labute approximate surface area is 84.8 Å². The summed E-state index contributed by atoms with van der Waals surface area (Å²) in [6.45, 7) is 1.82. The number of carbonyl (C=O) groups is 1. The summed E-state index contributed by atoms with van der Waals surface area (Å²) in [6.07, 6.45) is 3.77. The minimum absolute atomic E-state index is 0.148. The van der Waals surface area contributed by atoms with E-state index in [1.54, 1.807) is 0 Å². The molecule has 1 aliphatic carbocycles. The molecule has 14 heavy (non-hydrogen) atoms. The lowest BCUT2D eigenvalue weighted by Crippen LogP contribution is -2.30. The van der Waals surface area contributed by atoms with Gasteiger partial charge >= 0.3 is 5.97 Å². The minimum atomic E-state index is -0.148. The normalized spacial score (nSPS) is 15.9. The number of ether oxygens (including phenoxy) is 1. The zero-order chi connectivity index (χ0) is 10.4. The van der Waals surface area contributed by atoms with E-state index in [4.69, 9.17) is 5.11 Å². The van der Waals surface area contributed by atoms with E-state index in [0.717, 1.165) is 19.5 Å². The molecule has 1 aliphatic rings. The first-order valence-electron chi connectivity index (χ1n) is 5.19. The number of hydrogen-bond acceptors (Lipinski definition) is 4. The van der Waals surface area contributed by atoms with Crippen LogP contribution in [0.1, 0.15) is 25.7 Å². The van der Waals surface area contributed by atoms with Gasteiger partial charge < -0.3 is 9.84 Å². The van der Waals surface area contributed by atoms with Crippen LogP contribution in [0, 0.1) is 0 Å². The molecule has 0 aromatic heterocycles. The molecule has 0 bridgehead atoms. The van der Waals surface area contributed by atoms with Crippen molar-refractivity contribution in [1.29, 1.82) is 0 Å². The van der Waals surface area contributed by atoms with Gasteiger partial charge in [-0.25, -0.2) is 0 Å². The highest BCUT2D eigenvalue weighted by Crippen LogP contribution is 2.26. The Kier molecular flexibility index (Phi) is 4.90. The number of nitrogens with zero attached hydrogens (tertiary/aromatic N) is 1. The van der Waals surface area contributed by atoms with Crippen LogP contribution in [0.25, 0.3) is 0 Å². The Bertz CT molecular complexity index is 180. The maximum absolute atomic E-state index is 10.8. The van der Waals surface area contributed by atoms with Crippen LogP contribution < -0.4 is 0 Å². The molecule has 0 atom stereocenters. The van der Waals surface area contributed by atoms with Crippen molar-refractivity contribution in [3.05, 3.63) is 0 Å². The summed E-state index contributed by atoms with van der Waals surface area (Å²) >= 11 is 0. The highest BCUT2D eigenvalue weighted by molar-refractivity contribution is 5.69. The minimum Gasteiger partial charge on any atom is -0.469 e. The molecule has 0 heterocycles. The van der Waals surface area contributed by atoms with Crippen LogP contribution >= 0.6 is 0 Å². The topological polar surface area (TPSA) is 49.8 Å². The SMILES string of the molecule is COC(=O)CCCN(CCO)C1CC1. The van der Waals surface area contributed by atoms with Crippen molar-refractivity contribution in [2.75, 3.05) is 26.8 Å². The summed E-state index contributed by atoms with van der Waals surface area (Å²) in [5, 5.41) is 8.83. The first-order chi connectivity index (χ1) is 6.77. The maximum atomic E-state index is 10.8. The van der Waals surface area contributed by atoms with Crippen molar-refractivity contribution < 1.29 is 14.6 Å². The lowest BCUT2D eigenvalue weighted by Gasteiger charge is -2.20. The predicted molar refractivity (Wildman–Crippen MR) is 52.9 cm³/mol. The van der Waals surface area contributed by atoms with Gasteiger partial charge in [0.05, 0.1) is 13.7 Å². The smallest absolute Gasteiger partial charge is 0.305 e. The molecule has 0 amide bonds. The van der Waals surface area contributed by atoms with Gasteiger partial charge in [0, 0.05) is 19.0 Å². The first-order valence-corrected chi connectivity index (χ1v) is 5.19. The van der Waals surface area contributed by atoms with Gasteiger partial charge in [0.25, 0.3) is 0 Å². The Morgan fingerprint density at radius 1 is 1.50 bits per heavy atom. The van der Waals surface area contributed by atoms with Gasteiger partial charge in [0.15, 0.2) is 0 Å². The van der Waals surface area contributed by atoms with Gasteiger partial charge in [-0.1, -0.05) is 0 Å². The second-order valence-corrected chi connectivity index (χ2v) is 3.67. The molecule has 4 nitrogen and oxygen atoms in total. The fraction of sp³-hybridized carbons (Fsp3) is 0.900. The molecule has 0 spiro atoms. The van der Waals surface area contributed by atoms with Crippen LogP contribution in [0.3, 0.4) is 0 Å². The molecular formula is C10H19NO3. The van der Waals surface area contributed by atoms with Gasteiger partial charge in [0.1, 0.15) is 0 Å². The van der Waals surface area contributed by atoms with Crippen molar-refractivity contribution in [3.8, 4) is 0 Å². The molecule has 0 unspecified atom stereocenters. The maximum Gasteiger partial charge on any atom is 0.305 e. The van der Waals surface area contributed by atoms with E-state index in [1.807, 2.05) is 0 Å². The van der Waals surface area contributed by atoms with Crippen LogP contribution in [0.4, 0.5) is 0 Å². The first kappa shape index (κ1) is 11.5. The van der Waals surface area contributed by atoms with Crippen LogP contribution in [0.2, 0.25) is 0 Å². The lowest BCUT2D eigenvalue weighted by molar-refractivity contribution is -0.140. The van der Waals surface area contributed by atoms with Gasteiger partial charge in [-0.2, -0.15) is 0 Å². The third-order valence-corrected chi connectivity index (χ3v) is 2.50. The Morgan fingerprint density at radius 2 is 2.21 bits per heavy atom. The molecule has 1 N–H and O–H groups in total. The van der Waals surface area contributed by atoms with Gasteiger partial charge in [0.2, 0.25) is 0 Å². The summed E-state index contributed by atoms with van der Waals surface area (Å²) in [7, 11) is 1.41. The molecule has 0 aromatic carbocycles. The Hall–Kier alpha value is -0.610. The number of methoxy groups -OCH3 is 1.